The van der Waals surface area contributed by atoms with E-state index in [2.05, 4.69) is 66.5 Å². The highest BCUT2D eigenvalue weighted by Crippen LogP contribution is 2.32. The summed E-state index contributed by atoms with van der Waals surface area (Å²) in [6, 6.07) is 11.7. The molecule has 3 rings (SSSR count). The molecule has 0 fully saturated rings. The Hall–Kier alpha value is -1.54. The number of hydrogen-bond donors (Lipinski definition) is 1. The first-order valence-electron chi connectivity index (χ1n) is 8.24. The van der Waals surface area contributed by atoms with Gasteiger partial charge in [-0.1, -0.05) is 31.2 Å². The van der Waals surface area contributed by atoms with E-state index in [1.807, 2.05) is 0 Å². The van der Waals surface area contributed by atoms with Gasteiger partial charge in [-0.25, -0.2) is 0 Å². The van der Waals surface area contributed by atoms with Crippen LogP contribution < -0.4 is 5.32 Å². The Morgan fingerprint density at radius 2 is 2.14 bits per heavy atom. The van der Waals surface area contributed by atoms with E-state index in [-0.39, 0.29) is 0 Å². The van der Waals surface area contributed by atoms with Gasteiger partial charge in [0.2, 0.25) is 0 Å². The van der Waals surface area contributed by atoms with Crippen LogP contribution in [0.25, 0.3) is 0 Å². The lowest BCUT2D eigenvalue weighted by atomic mass is 9.83. The number of nitrogens with one attached hydrogen (secondary N) is 1. The Morgan fingerprint density at radius 1 is 1.29 bits per heavy atom. The SMILES string of the molecule is CCNC(C)c1ccn(CC2CCCc3ccccc32)c1. The molecule has 0 radical (unpaired) electrons. The molecule has 21 heavy (non-hydrogen) atoms. The summed E-state index contributed by atoms with van der Waals surface area (Å²) in [6.07, 6.45) is 8.43. The minimum Gasteiger partial charge on any atom is -0.353 e. The van der Waals surface area contributed by atoms with Crippen LogP contribution in [0.3, 0.4) is 0 Å². The highest BCUT2D eigenvalue weighted by molar-refractivity contribution is 5.32. The Labute approximate surface area is 128 Å². The van der Waals surface area contributed by atoms with Gasteiger partial charge in [0.05, 0.1) is 0 Å². The lowest BCUT2D eigenvalue weighted by Gasteiger charge is -2.26. The van der Waals surface area contributed by atoms with Gasteiger partial charge in [-0.2, -0.15) is 0 Å². The highest BCUT2D eigenvalue weighted by atomic mass is 15.0. The van der Waals surface area contributed by atoms with Crippen LogP contribution in [0.5, 0.6) is 0 Å². The van der Waals surface area contributed by atoms with Gasteiger partial charge in [0, 0.05) is 30.9 Å². The number of nitrogens with zero attached hydrogens (tertiary/aromatic N) is 1. The van der Waals surface area contributed by atoms with E-state index >= 15 is 0 Å². The summed E-state index contributed by atoms with van der Waals surface area (Å²) in [5, 5.41) is 3.48. The van der Waals surface area contributed by atoms with E-state index in [0.717, 1.165) is 13.1 Å². The molecular weight excluding hydrogens is 256 g/mol. The number of aromatic nitrogens is 1. The average molecular weight is 282 g/mol. The summed E-state index contributed by atoms with van der Waals surface area (Å²) < 4.78 is 2.37. The molecule has 1 aliphatic carbocycles. The number of rotatable bonds is 5. The summed E-state index contributed by atoms with van der Waals surface area (Å²) >= 11 is 0. The van der Waals surface area contributed by atoms with Crippen molar-refractivity contribution in [2.24, 2.45) is 0 Å². The molecule has 1 aromatic heterocycles. The van der Waals surface area contributed by atoms with Crippen molar-refractivity contribution in [1.29, 1.82) is 0 Å². The van der Waals surface area contributed by atoms with Crippen molar-refractivity contribution >= 4 is 0 Å². The van der Waals surface area contributed by atoms with E-state index in [1.165, 1.54) is 24.8 Å². The first-order chi connectivity index (χ1) is 10.3. The predicted octanol–water partition coefficient (Wildman–Crippen LogP) is 4.28. The van der Waals surface area contributed by atoms with Crippen LogP contribution in [0.2, 0.25) is 0 Å². The van der Waals surface area contributed by atoms with Crippen LogP contribution in [0, 0.1) is 0 Å². The molecule has 0 aliphatic heterocycles. The van der Waals surface area contributed by atoms with Gasteiger partial charge in [-0.3, -0.25) is 0 Å². The molecular formula is C19H26N2. The van der Waals surface area contributed by atoms with Gasteiger partial charge in [0.15, 0.2) is 0 Å². The molecule has 0 spiro atoms. The Morgan fingerprint density at radius 3 is 3.00 bits per heavy atom. The fourth-order valence-corrected chi connectivity index (χ4v) is 3.55. The minimum atomic E-state index is 0.440. The Bertz CT molecular complexity index is 585. The predicted molar refractivity (Wildman–Crippen MR) is 88.6 cm³/mol. The lowest BCUT2D eigenvalue weighted by molar-refractivity contribution is 0.483. The summed E-state index contributed by atoms with van der Waals surface area (Å²) in [6.45, 7) is 6.52. The maximum Gasteiger partial charge on any atom is 0.0306 e. The van der Waals surface area contributed by atoms with Crippen molar-refractivity contribution in [3.05, 3.63) is 59.4 Å². The van der Waals surface area contributed by atoms with Crippen LogP contribution in [0.4, 0.5) is 0 Å². The number of hydrogen-bond acceptors (Lipinski definition) is 1. The van der Waals surface area contributed by atoms with Gasteiger partial charge in [0.25, 0.3) is 0 Å². The average Bonchev–Trinajstić information content (AvgIpc) is 2.97. The molecule has 2 unspecified atom stereocenters. The molecule has 1 N–H and O–H groups in total. The molecule has 2 heteroatoms. The van der Waals surface area contributed by atoms with Gasteiger partial charge in [-0.15, -0.1) is 0 Å². The van der Waals surface area contributed by atoms with E-state index in [4.69, 9.17) is 0 Å². The Balaban J connectivity index is 1.73. The summed E-state index contributed by atoms with van der Waals surface area (Å²) in [7, 11) is 0. The lowest BCUT2D eigenvalue weighted by Crippen LogP contribution is -2.17. The van der Waals surface area contributed by atoms with Gasteiger partial charge in [0.1, 0.15) is 0 Å². The van der Waals surface area contributed by atoms with Crippen LogP contribution in [-0.4, -0.2) is 11.1 Å². The fourth-order valence-electron chi connectivity index (χ4n) is 3.55. The molecule has 0 saturated carbocycles. The van der Waals surface area contributed by atoms with Crippen molar-refractivity contribution in [1.82, 2.24) is 9.88 Å². The largest absolute Gasteiger partial charge is 0.353 e. The van der Waals surface area contributed by atoms with Gasteiger partial charge < -0.3 is 9.88 Å². The number of benzene rings is 1. The van der Waals surface area contributed by atoms with Crippen molar-refractivity contribution < 1.29 is 0 Å². The minimum absolute atomic E-state index is 0.440. The summed E-state index contributed by atoms with van der Waals surface area (Å²) in [5.41, 5.74) is 4.52. The molecule has 0 bridgehead atoms. The molecule has 1 aromatic carbocycles. The summed E-state index contributed by atoms with van der Waals surface area (Å²) in [4.78, 5) is 0. The van der Waals surface area contributed by atoms with Gasteiger partial charge >= 0.3 is 0 Å². The van der Waals surface area contributed by atoms with Crippen LogP contribution in [0.1, 0.15) is 55.3 Å². The topological polar surface area (TPSA) is 17.0 Å². The smallest absolute Gasteiger partial charge is 0.0306 e. The second kappa shape index (κ2) is 6.48. The molecule has 112 valence electrons. The Kier molecular flexibility index (Phi) is 4.45. The quantitative estimate of drug-likeness (QED) is 0.866. The van der Waals surface area contributed by atoms with Crippen molar-refractivity contribution in [2.75, 3.05) is 6.54 Å². The second-order valence-electron chi connectivity index (χ2n) is 6.21. The molecule has 2 nitrogen and oxygen atoms in total. The molecule has 2 atom stereocenters. The van der Waals surface area contributed by atoms with Crippen LogP contribution >= 0.6 is 0 Å². The first kappa shape index (κ1) is 14.4. The van der Waals surface area contributed by atoms with Gasteiger partial charge in [-0.05, 0) is 55.5 Å². The van der Waals surface area contributed by atoms with Crippen LogP contribution in [-0.2, 0) is 13.0 Å². The molecule has 2 aromatic rings. The third-order valence-corrected chi connectivity index (χ3v) is 4.71. The maximum atomic E-state index is 3.48. The fraction of sp³-hybridized carbons (Fsp3) is 0.474. The number of aryl methyl sites for hydroxylation is 1. The van der Waals surface area contributed by atoms with Crippen molar-refractivity contribution in [2.45, 2.75) is 51.6 Å². The third-order valence-electron chi connectivity index (χ3n) is 4.71. The van der Waals surface area contributed by atoms with E-state index in [9.17, 15) is 0 Å². The normalized spacial score (nSPS) is 19.2. The van der Waals surface area contributed by atoms with E-state index < -0.39 is 0 Å². The monoisotopic (exact) mass is 282 g/mol. The molecule has 1 heterocycles. The van der Waals surface area contributed by atoms with Crippen LogP contribution in [0.15, 0.2) is 42.7 Å². The maximum absolute atomic E-state index is 3.48. The molecule has 0 saturated heterocycles. The first-order valence-corrected chi connectivity index (χ1v) is 8.24. The summed E-state index contributed by atoms with van der Waals surface area (Å²) in [5.74, 6) is 0.671. The zero-order chi connectivity index (χ0) is 14.7. The molecule has 0 amide bonds. The van der Waals surface area contributed by atoms with E-state index in [0.29, 0.717) is 12.0 Å². The van der Waals surface area contributed by atoms with Crippen molar-refractivity contribution in [3.63, 3.8) is 0 Å². The standard InChI is InChI=1S/C19H26N2/c1-3-20-15(2)17-11-12-21(13-17)14-18-9-6-8-16-7-4-5-10-19(16)18/h4-5,7,10-13,15,18,20H,3,6,8-9,14H2,1-2H3. The zero-order valence-electron chi connectivity index (χ0n) is 13.2. The zero-order valence-corrected chi connectivity index (χ0v) is 13.2. The number of fused-ring (bicyclic) bond motifs is 1. The van der Waals surface area contributed by atoms with Crippen molar-refractivity contribution in [3.8, 4) is 0 Å². The third kappa shape index (κ3) is 3.21. The van der Waals surface area contributed by atoms with E-state index in [1.54, 1.807) is 11.1 Å². The second-order valence-corrected chi connectivity index (χ2v) is 6.21. The highest BCUT2D eigenvalue weighted by Gasteiger charge is 2.20. The molecule has 1 aliphatic rings.